The summed E-state index contributed by atoms with van der Waals surface area (Å²) in [5.41, 5.74) is 0.608. The zero-order valence-electron chi connectivity index (χ0n) is 9.15. The molecule has 0 amide bonds. The van der Waals surface area contributed by atoms with Gasteiger partial charge in [-0.2, -0.15) is 0 Å². The van der Waals surface area contributed by atoms with Gasteiger partial charge in [0.2, 0.25) is 0 Å². The van der Waals surface area contributed by atoms with E-state index >= 15 is 0 Å². The Balaban J connectivity index is 2.67. The number of oxime groups is 1. The number of rotatable bonds is 3. The van der Waals surface area contributed by atoms with Crippen LogP contribution in [0.15, 0.2) is 5.16 Å². The van der Waals surface area contributed by atoms with Crippen molar-refractivity contribution in [1.82, 2.24) is 0 Å². The van der Waals surface area contributed by atoms with Gasteiger partial charge in [0.25, 0.3) is 6.29 Å². The van der Waals surface area contributed by atoms with Crippen LogP contribution in [0.2, 0.25) is 0 Å². The average Bonchev–Trinajstić information content (AvgIpc) is 2.25. The van der Waals surface area contributed by atoms with E-state index in [2.05, 4.69) is 5.16 Å². The maximum Gasteiger partial charge on any atom is 0.256 e. The van der Waals surface area contributed by atoms with Gasteiger partial charge in [0.05, 0.1) is 12.3 Å². The van der Waals surface area contributed by atoms with E-state index in [0.717, 1.165) is 0 Å². The van der Waals surface area contributed by atoms with E-state index < -0.39 is 37.3 Å². The first kappa shape index (κ1) is 13.3. The molecule has 7 heteroatoms. The zero-order chi connectivity index (χ0) is 12.3. The highest BCUT2D eigenvalue weighted by Gasteiger charge is 2.44. The van der Waals surface area contributed by atoms with Crippen molar-refractivity contribution in [2.75, 3.05) is 6.61 Å². The topological polar surface area (TPSA) is 112 Å². The molecule has 0 bridgehead atoms. The first-order valence-corrected chi connectivity index (χ1v) is 4.95. The largest absolute Gasteiger partial charge is 0.394 e. The van der Waals surface area contributed by atoms with Crippen LogP contribution in [0.4, 0.5) is 0 Å². The molecule has 0 unspecified atom stereocenters. The fourth-order valence-electron chi connectivity index (χ4n) is 1.31. The number of hydrogen-bond acceptors (Lipinski definition) is 7. The third-order valence-corrected chi connectivity index (χ3v) is 2.19. The van der Waals surface area contributed by atoms with Crippen LogP contribution in [0.1, 0.15) is 13.8 Å². The molecule has 94 valence electrons. The third kappa shape index (κ3) is 2.89. The van der Waals surface area contributed by atoms with Gasteiger partial charge in [-0.3, -0.25) is 0 Å². The maximum absolute atomic E-state index is 9.52. The van der Waals surface area contributed by atoms with Crippen molar-refractivity contribution in [2.24, 2.45) is 5.16 Å². The second kappa shape index (κ2) is 5.55. The van der Waals surface area contributed by atoms with E-state index in [1.54, 1.807) is 13.8 Å². The Labute approximate surface area is 92.9 Å². The van der Waals surface area contributed by atoms with Crippen molar-refractivity contribution in [1.29, 1.82) is 0 Å². The van der Waals surface area contributed by atoms with Crippen molar-refractivity contribution in [2.45, 2.75) is 44.6 Å². The molecular formula is C9H17NO6. The second-order valence-corrected chi connectivity index (χ2v) is 3.84. The van der Waals surface area contributed by atoms with Crippen molar-refractivity contribution in [3.05, 3.63) is 0 Å². The predicted molar refractivity (Wildman–Crippen MR) is 53.6 cm³/mol. The van der Waals surface area contributed by atoms with E-state index in [9.17, 15) is 15.3 Å². The van der Waals surface area contributed by atoms with Crippen LogP contribution in [-0.2, 0) is 9.57 Å². The lowest BCUT2D eigenvalue weighted by atomic mass is 9.99. The summed E-state index contributed by atoms with van der Waals surface area (Å²) in [6.07, 6.45) is -6.42. The fraction of sp³-hybridized carbons (Fsp3) is 0.889. The molecular weight excluding hydrogens is 218 g/mol. The van der Waals surface area contributed by atoms with Gasteiger partial charge in [-0.25, -0.2) is 0 Å². The van der Waals surface area contributed by atoms with E-state index in [1.807, 2.05) is 0 Å². The van der Waals surface area contributed by atoms with Crippen molar-refractivity contribution < 1.29 is 30.0 Å². The first-order chi connectivity index (χ1) is 7.47. The Kier molecular flexibility index (Phi) is 4.63. The van der Waals surface area contributed by atoms with Crippen molar-refractivity contribution in [3.8, 4) is 0 Å². The monoisotopic (exact) mass is 235 g/mol. The Morgan fingerprint density at radius 2 is 1.81 bits per heavy atom. The first-order valence-electron chi connectivity index (χ1n) is 4.95. The van der Waals surface area contributed by atoms with Gasteiger partial charge in [-0.15, -0.1) is 0 Å². The van der Waals surface area contributed by atoms with Crippen molar-refractivity contribution >= 4 is 5.71 Å². The number of hydrogen-bond donors (Lipinski definition) is 4. The second-order valence-electron chi connectivity index (χ2n) is 3.84. The summed E-state index contributed by atoms with van der Waals surface area (Å²) in [5, 5.41) is 40.9. The Hall–Kier alpha value is -0.730. The summed E-state index contributed by atoms with van der Waals surface area (Å²) in [5.74, 6) is 0. The van der Waals surface area contributed by atoms with E-state index in [4.69, 9.17) is 14.7 Å². The highest BCUT2D eigenvalue weighted by Crippen LogP contribution is 2.21. The molecule has 4 N–H and O–H groups in total. The van der Waals surface area contributed by atoms with Gasteiger partial charge in [0.1, 0.15) is 24.4 Å². The molecule has 0 spiro atoms. The lowest BCUT2D eigenvalue weighted by Gasteiger charge is -2.38. The van der Waals surface area contributed by atoms with E-state index in [0.29, 0.717) is 5.71 Å². The van der Waals surface area contributed by atoms with Crippen LogP contribution in [0.25, 0.3) is 0 Å². The molecule has 1 fully saturated rings. The third-order valence-electron chi connectivity index (χ3n) is 2.19. The fourth-order valence-corrected chi connectivity index (χ4v) is 1.31. The Morgan fingerprint density at radius 1 is 1.19 bits per heavy atom. The maximum atomic E-state index is 9.52. The minimum atomic E-state index is -1.44. The quantitative estimate of drug-likeness (QED) is 0.339. The van der Waals surface area contributed by atoms with Crippen LogP contribution in [-0.4, -0.2) is 63.5 Å². The van der Waals surface area contributed by atoms with Crippen LogP contribution in [0.5, 0.6) is 0 Å². The van der Waals surface area contributed by atoms with Crippen LogP contribution >= 0.6 is 0 Å². The van der Waals surface area contributed by atoms with Gasteiger partial charge in [0.15, 0.2) is 0 Å². The Bertz CT molecular complexity index is 252. The molecule has 16 heavy (non-hydrogen) atoms. The molecule has 0 radical (unpaired) electrons. The molecule has 0 aromatic heterocycles. The number of aliphatic hydroxyl groups is 4. The lowest BCUT2D eigenvalue weighted by Crippen LogP contribution is -2.58. The summed E-state index contributed by atoms with van der Waals surface area (Å²) in [6.45, 7) is 2.88. The molecule has 5 atom stereocenters. The highest BCUT2D eigenvalue weighted by molar-refractivity contribution is 5.78. The summed E-state index contributed by atoms with van der Waals surface area (Å²) in [4.78, 5) is 4.84. The molecule has 1 saturated heterocycles. The molecule has 0 aromatic carbocycles. The van der Waals surface area contributed by atoms with Gasteiger partial charge in [0, 0.05) is 0 Å². The van der Waals surface area contributed by atoms with Crippen molar-refractivity contribution in [3.63, 3.8) is 0 Å². The minimum absolute atomic E-state index is 0.486. The lowest BCUT2D eigenvalue weighted by molar-refractivity contribution is -0.301. The smallest absolute Gasteiger partial charge is 0.256 e. The average molecular weight is 235 g/mol. The SMILES string of the molecule is CC(C)=NO[C@@H]1O[C@H](CO)[C@H](O)[C@H](O)[C@H]1O. The molecule has 0 saturated carbocycles. The van der Waals surface area contributed by atoms with Crippen LogP contribution < -0.4 is 0 Å². The minimum Gasteiger partial charge on any atom is -0.394 e. The standard InChI is InChI=1S/C9H17NO6/c1-4(2)10-16-9-8(14)7(13)6(12)5(3-11)15-9/h5-9,11-14H,3H2,1-2H3/t5-,6+,7+,8-,9+/m1/s1. The van der Waals surface area contributed by atoms with Crippen LogP contribution in [0, 0.1) is 0 Å². The zero-order valence-corrected chi connectivity index (χ0v) is 9.15. The normalized spacial score (nSPS) is 39.2. The number of nitrogens with zero attached hydrogens (tertiary/aromatic N) is 1. The summed E-state index contributed by atoms with van der Waals surface area (Å²) < 4.78 is 5.04. The van der Waals surface area contributed by atoms with Crippen LogP contribution in [0.3, 0.4) is 0 Å². The van der Waals surface area contributed by atoms with E-state index in [-0.39, 0.29) is 0 Å². The molecule has 7 nitrogen and oxygen atoms in total. The van der Waals surface area contributed by atoms with Gasteiger partial charge < -0.3 is 30.0 Å². The molecule has 0 aliphatic carbocycles. The van der Waals surface area contributed by atoms with Gasteiger partial charge in [-0.1, -0.05) is 5.16 Å². The van der Waals surface area contributed by atoms with Gasteiger partial charge >= 0.3 is 0 Å². The summed E-state index contributed by atoms with van der Waals surface area (Å²) >= 11 is 0. The number of ether oxygens (including phenoxy) is 1. The van der Waals surface area contributed by atoms with E-state index in [1.165, 1.54) is 0 Å². The predicted octanol–water partition coefficient (Wildman–Crippen LogP) is -1.80. The highest BCUT2D eigenvalue weighted by atomic mass is 16.8. The molecule has 1 rings (SSSR count). The molecule has 1 aliphatic rings. The summed E-state index contributed by atoms with van der Waals surface area (Å²) in [6, 6.07) is 0. The molecule has 1 aliphatic heterocycles. The molecule has 1 heterocycles. The molecule has 0 aromatic rings. The summed E-state index contributed by atoms with van der Waals surface area (Å²) in [7, 11) is 0. The Morgan fingerprint density at radius 3 is 2.31 bits per heavy atom. The van der Waals surface area contributed by atoms with Gasteiger partial charge in [-0.05, 0) is 13.8 Å². The number of aliphatic hydroxyl groups excluding tert-OH is 4.